The van der Waals surface area contributed by atoms with Gasteiger partial charge in [0, 0.05) is 11.9 Å². The summed E-state index contributed by atoms with van der Waals surface area (Å²) in [6.07, 6.45) is 1.58. The van der Waals surface area contributed by atoms with Crippen molar-refractivity contribution in [1.29, 1.82) is 0 Å². The van der Waals surface area contributed by atoms with Crippen molar-refractivity contribution >= 4 is 0 Å². The Morgan fingerprint density at radius 3 is 2.58 bits per heavy atom. The molecule has 12 heavy (non-hydrogen) atoms. The fourth-order valence-electron chi connectivity index (χ4n) is 1.01. The van der Waals surface area contributed by atoms with Crippen molar-refractivity contribution in [2.75, 3.05) is 0 Å². The lowest BCUT2D eigenvalue weighted by molar-refractivity contribution is 0.400. The van der Waals surface area contributed by atoms with Crippen molar-refractivity contribution in [2.45, 2.75) is 27.2 Å². The van der Waals surface area contributed by atoms with Gasteiger partial charge in [-0.2, -0.15) is 4.39 Å². The zero-order chi connectivity index (χ0) is 9.19. The number of hydrogen-bond acceptors (Lipinski definition) is 2. The van der Waals surface area contributed by atoms with E-state index in [0.717, 1.165) is 12.1 Å². The second kappa shape index (κ2) is 3.17. The van der Waals surface area contributed by atoms with Crippen LogP contribution in [0.3, 0.4) is 0 Å². The minimum Gasteiger partial charge on any atom is -0.211 e. The second-order valence-corrected chi connectivity index (χ2v) is 4.05. The molecule has 0 aliphatic heterocycles. The van der Waals surface area contributed by atoms with Gasteiger partial charge in [-0.1, -0.05) is 20.8 Å². The Labute approximate surface area is 71.9 Å². The van der Waals surface area contributed by atoms with Gasteiger partial charge in [-0.15, -0.1) is 0 Å². The largest absolute Gasteiger partial charge is 0.308 e. The van der Waals surface area contributed by atoms with Crippen molar-refractivity contribution in [3.05, 3.63) is 24.0 Å². The molecule has 0 bridgehead atoms. The topological polar surface area (TPSA) is 25.8 Å². The minimum absolute atomic E-state index is 0.140. The lowest BCUT2D eigenvalue weighted by Gasteiger charge is -2.16. The van der Waals surface area contributed by atoms with Gasteiger partial charge in [-0.3, -0.25) is 0 Å². The van der Waals surface area contributed by atoms with Crippen molar-refractivity contribution in [3.8, 4) is 0 Å². The Morgan fingerprint density at radius 2 is 2.08 bits per heavy atom. The summed E-state index contributed by atoms with van der Waals surface area (Å²) in [7, 11) is 0. The lowest BCUT2D eigenvalue weighted by Crippen LogP contribution is -2.11. The van der Waals surface area contributed by atoms with Gasteiger partial charge in [0.05, 0.1) is 0 Å². The van der Waals surface area contributed by atoms with Crippen molar-refractivity contribution < 1.29 is 4.39 Å². The molecule has 0 radical (unpaired) electrons. The normalized spacial score (nSPS) is 11.7. The van der Waals surface area contributed by atoms with Crippen LogP contribution in [0.25, 0.3) is 0 Å². The number of nitrogens with zero attached hydrogens (tertiary/aromatic N) is 2. The van der Waals surface area contributed by atoms with Gasteiger partial charge in [-0.05, 0) is 17.9 Å². The molecule has 0 atom stereocenters. The van der Waals surface area contributed by atoms with Gasteiger partial charge < -0.3 is 0 Å². The Kier molecular flexibility index (Phi) is 2.40. The van der Waals surface area contributed by atoms with Crippen LogP contribution in [0.4, 0.5) is 4.39 Å². The van der Waals surface area contributed by atoms with Gasteiger partial charge in [0.15, 0.2) is 0 Å². The number of rotatable bonds is 1. The van der Waals surface area contributed by atoms with E-state index in [9.17, 15) is 4.39 Å². The van der Waals surface area contributed by atoms with Crippen LogP contribution >= 0.6 is 0 Å². The molecule has 3 heteroatoms. The maximum Gasteiger partial charge on any atom is 0.308 e. The first-order valence-corrected chi connectivity index (χ1v) is 3.95. The SMILES string of the molecule is CC(C)(C)Cc1ccnc(F)n1. The zero-order valence-corrected chi connectivity index (χ0v) is 7.63. The van der Waals surface area contributed by atoms with Gasteiger partial charge in [-0.25, -0.2) is 9.97 Å². The first-order chi connectivity index (χ1) is 5.47. The standard InChI is InChI=1S/C9H13FN2/c1-9(2,3)6-7-4-5-11-8(10)12-7/h4-5H,6H2,1-3H3. The first-order valence-electron chi connectivity index (χ1n) is 3.95. The lowest BCUT2D eigenvalue weighted by atomic mass is 9.90. The molecule has 1 rings (SSSR count). The summed E-state index contributed by atoms with van der Waals surface area (Å²) in [5, 5.41) is 0. The molecule has 0 aromatic carbocycles. The van der Waals surface area contributed by atoms with E-state index in [1.54, 1.807) is 6.07 Å². The summed E-state index contributed by atoms with van der Waals surface area (Å²) >= 11 is 0. The highest BCUT2D eigenvalue weighted by Crippen LogP contribution is 2.18. The summed E-state index contributed by atoms with van der Waals surface area (Å²) < 4.78 is 12.5. The summed E-state index contributed by atoms with van der Waals surface area (Å²) in [4.78, 5) is 7.07. The molecule has 0 aliphatic rings. The molecule has 2 nitrogen and oxygen atoms in total. The molecule has 0 amide bonds. The molecule has 0 unspecified atom stereocenters. The highest BCUT2D eigenvalue weighted by Gasteiger charge is 2.12. The van der Waals surface area contributed by atoms with Crippen LogP contribution in [0.15, 0.2) is 12.3 Å². The number of aromatic nitrogens is 2. The molecular weight excluding hydrogens is 155 g/mol. The van der Waals surface area contributed by atoms with E-state index in [2.05, 4.69) is 30.7 Å². The summed E-state index contributed by atoms with van der Waals surface area (Å²) in [6.45, 7) is 6.27. The molecule has 0 N–H and O–H groups in total. The quantitative estimate of drug-likeness (QED) is 0.601. The van der Waals surface area contributed by atoms with Crippen molar-refractivity contribution in [2.24, 2.45) is 5.41 Å². The number of halogens is 1. The molecule has 1 aromatic rings. The van der Waals surface area contributed by atoms with E-state index < -0.39 is 6.08 Å². The zero-order valence-electron chi connectivity index (χ0n) is 7.63. The second-order valence-electron chi connectivity index (χ2n) is 4.05. The summed E-state index contributed by atoms with van der Waals surface area (Å²) in [5.41, 5.74) is 0.899. The summed E-state index contributed by atoms with van der Waals surface area (Å²) in [5.74, 6) is 0. The maximum absolute atomic E-state index is 12.5. The van der Waals surface area contributed by atoms with Crippen LogP contribution in [-0.2, 0) is 6.42 Å². The van der Waals surface area contributed by atoms with E-state index in [1.807, 2.05) is 0 Å². The maximum atomic E-state index is 12.5. The van der Waals surface area contributed by atoms with Crippen molar-refractivity contribution in [3.63, 3.8) is 0 Å². The van der Waals surface area contributed by atoms with Crippen LogP contribution in [-0.4, -0.2) is 9.97 Å². The van der Waals surface area contributed by atoms with E-state index in [0.29, 0.717) is 0 Å². The molecule has 1 aromatic heterocycles. The van der Waals surface area contributed by atoms with Crippen LogP contribution in [0, 0.1) is 11.5 Å². The Bertz CT molecular complexity index is 265. The van der Waals surface area contributed by atoms with Crippen molar-refractivity contribution in [1.82, 2.24) is 9.97 Å². The third-order valence-corrected chi connectivity index (χ3v) is 1.40. The van der Waals surface area contributed by atoms with E-state index in [-0.39, 0.29) is 5.41 Å². The predicted molar refractivity (Wildman–Crippen MR) is 45.1 cm³/mol. The Hall–Kier alpha value is -0.990. The van der Waals surface area contributed by atoms with Crippen LogP contribution in [0.1, 0.15) is 26.5 Å². The van der Waals surface area contributed by atoms with Gasteiger partial charge in [0.2, 0.25) is 0 Å². The fourth-order valence-corrected chi connectivity index (χ4v) is 1.01. The van der Waals surface area contributed by atoms with Gasteiger partial charge in [0.1, 0.15) is 0 Å². The highest BCUT2D eigenvalue weighted by atomic mass is 19.1. The van der Waals surface area contributed by atoms with E-state index in [1.165, 1.54) is 6.20 Å². The van der Waals surface area contributed by atoms with Crippen LogP contribution < -0.4 is 0 Å². The van der Waals surface area contributed by atoms with Crippen LogP contribution in [0.5, 0.6) is 0 Å². The molecule has 0 saturated carbocycles. The third-order valence-electron chi connectivity index (χ3n) is 1.40. The molecule has 1 heterocycles. The average Bonchev–Trinajstić information content (AvgIpc) is 1.82. The molecular formula is C9H13FN2. The molecule has 0 fully saturated rings. The predicted octanol–water partition coefficient (Wildman–Crippen LogP) is 2.20. The number of hydrogen-bond donors (Lipinski definition) is 0. The highest BCUT2D eigenvalue weighted by molar-refractivity contribution is 5.00. The fraction of sp³-hybridized carbons (Fsp3) is 0.556. The first kappa shape index (κ1) is 9.10. The Morgan fingerprint density at radius 1 is 1.42 bits per heavy atom. The average molecular weight is 168 g/mol. The smallest absolute Gasteiger partial charge is 0.211 e. The molecule has 0 aliphatic carbocycles. The minimum atomic E-state index is -0.642. The molecule has 66 valence electrons. The van der Waals surface area contributed by atoms with E-state index in [4.69, 9.17) is 0 Å². The monoisotopic (exact) mass is 168 g/mol. The Balaban J connectivity index is 2.77. The van der Waals surface area contributed by atoms with Gasteiger partial charge >= 0.3 is 6.08 Å². The summed E-state index contributed by atoms with van der Waals surface area (Å²) in [6, 6.07) is 1.74. The third kappa shape index (κ3) is 2.95. The van der Waals surface area contributed by atoms with E-state index >= 15 is 0 Å². The van der Waals surface area contributed by atoms with Gasteiger partial charge in [0.25, 0.3) is 0 Å². The molecule has 0 spiro atoms. The van der Waals surface area contributed by atoms with Crippen LogP contribution in [0.2, 0.25) is 0 Å². The molecule has 0 saturated heterocycles.